The molecule has 134 valence electrons. The minimum Gasteiger partial charge on any atom is -0.342 e. The maximum Gasteiger partial charge on any atom is 0.227 e. The first-order valence-corrected chi connectivity index (χ1v) is 8.97. The molecule has 1 saturated heterocycles. The van der Waals surface area contributed by atoms with Gasteiger partial charge in [-0.3, -0.25) is 19.4 Å². The van der Waals surface area contributed by atoms with Gasteiger partial charge in [0, 0.05) is 45.1 Å². The number of aryl methyl sites for hydroxylation is 1. The average Bonchev–Trinajstić information content (AvgIpc) is 2.86. The van der Waals surface area contributed by atoms with Gasteiger partial charge in [-0.25, -0.2) is 0 Å². The van der Waals surface area contributed by atoms with Crippen LogP contribution in [0.1, 0.15) is 30.5 Å². The molecule has 0 aromatic carbocycles. The Hall–Kier alpha value is -2.21. The molecule has 0 saturated carbocycles. The molecule has 2 aromatic rings. The van der Waals surface area contributed by atoms with Gasteiger partial charge in [0.05, 0.1) is 18.3 Å². The van der Waals surface area contributed by atoms with Gasteiger partial charge in [-0.1, -0.05) is 6.07 Å². The van der Waals surface area contributed by atoms with Gasteiger partial charge < -0.3 is 4.90 Å². The topological polar surface area (TPSA) is 54.3 Å². The van der Waals surface area contributed by atoms with Gasteiger partial charge in [0.25, 0.3) is 0 Å². The quantitative estimate of drug-likeness (QED) is 0.833. The molecule has 0 radical (unpaired) electrons. The van der Waals surface area contributed by atoms with Crippen LogP contribution in [0, 0.1) is 0 Å². The van der Waals surface area contributed by atoms with Crippen molar-refractivity contribution in [3.05, 3.63) is 48.0 Å². The second kappa shape index (κ2) is 8.25. The highest BCUT2D eigenvalue weighted by Crippen LogP contribution is 2.18. The first-order valence-electron chi connectivity index (χ1n) is 8.97. The van der Waals surface area contributed by atoms with Crippen molar-refractivity contribution in [2.24, 2.45) is 7.05 Å². The molecule has 6 nitrogen and oxygen atoms in total. The highest BCUT2D eigenvalue weighted by Gasteiger charge is 2.23. The summed E-state index contributed by atoms with van der Waals surface area (Å²) in [6.07, 6.45) is 9.17. The predicted octanol–water partition coefficient (Wildman–Crippen LogP) is 1.87. The molecule has 1 aliphatic rings. The fourth-order valence-corrected chi connectivity index (χ4v) is 3.49. The summed E-state index contributed by atoms with van der Waals surface area (Å²) in [7, 11) is 4.04. The lowest BCUT2D eigenvalue weighted by Gasteiger charge is -2.27. The highest BCUT2D eigenvalue weighted by molar-refractivity contribution is 5.78. The smallest absolute Gasteiger partial charge is 0.227 e. The minimum atomic E-state index is 0.209. The number of pyridine rings is 1. The molecule has 25 heavy (non-hydrogen) atoms. The fraction of sp³-hybridized carbons (Fsp3) is 0.526. The zero-order valence-corrected chi connectivity index (χ0v) is 15.1. The van der Waals surface area contributed by atoms with Crippen molar-refractivity contribution in [1.82, 2.24) is 24.6 Å². The Bertz CT molecular complexity index is 684. The van der Waals surface area contributed by atoms with Gasteiger partial charge >= 0.3 is 0 Å². The van der Waals surface area contributed by atoms with Crippen molar-refractivity contribution >= 4 is 5.91 Å². The Kier molecular flexibility index (Phi) is 5.81. The van der Waals surface area contributed by atoms with E-state index in [9.17, 15) is 4.79 Å². The molecule has 0 bridgehead atoms. The van der Waals surface area contributed by atoms with E-state index in [1.165, 1.54) is 0 Å². The van der Waals surface area contributed by atoms with Crippen LogP contribution in [0.4, 0.5) is 0 Å². The number of likely N-dealkylation sites (tertiary alicyclic amines) is 1. The van der Waals surface area contributed by atoms with Gasteiger partial charge in [0.1, 0.15) is 0 Å². The van der Waals surface area contributed by atoms with E-state index in [0.717, 1.165) is 50.2 Å². The third kappa shape index (κ3) is 4.89. The molecule has 1 atom stereocenters. The first-order chi connectivity index (χ1) is 12.1. The normalized spacial score (nSPS) is 18.4. The van der Waals surface area contributed by atoms with Gasteiger partial charge in [-0.05, 0) is 44.0 Å². The zero-order valence-electron chi connectivity index (χ0n) is 15.1. The largest absolute Gasteiger partial charge is 0.342 e. The Labute approximate surface area is 149 Å². The van der Waals surface area contributed by atoms with Gasteiger partial charge in [0.15, 0.2) is 0 Å². The summed E-state index contributed by atoms with van der Waals surface area (Å²) in [5, 5.41) is 4.14. The lowest BCUT2D eigenvalue weighted by molar-refractivity contribution is -0.130. The molecular weight excluding hydrogens is 314 g/mol. The minimum absolute atomic E-state index is 0.209. The third-order valence-electron chi connectivity index (χ3n) is 4.92. The van der Waals surface area contributed by atoms with Crippen LogP contribution < -0.4 is 0 Å². The maximum absolute atomic E-state index is 12.6. The van der Waals surface area contributed by atoms with Crippen LogP contribution in [0.15, 0.2) is 36.8 Å². The monoisotopic (exact) mass is 341 g/mol. The van der Waals surface area contributed by atoms with Gasteiger partial charge in [-0.2, -0.15) is 5.10 Å². The average molecular weight is 341 g/mol. The molecule has 6 heteroatoms. The summed E-state index contributed by atoms with van der Waals surface area (Å²) in [5.74, 6) is 0.209. The van der Waals surface area contributed by atoms with E-state index >= 15 is 0 Å². The molecule has 3 heterocycles. The van der Waals surface area contributed by atoms with Crippen LogP contribution in [-0.4, -0.2) is 56.7 Å². The first kappa shape index (κ1) is 17.6. The van der Waals surface area contributed by atoms with Crippen molar-refractivity contribution in [2.75, 3.05) is 20.1 Å². The number of rotatable bonds is 5. The van der Waals surface area contributed by atoms with E-state index in [4.69, 9.17) is 0 Å². The summed E-state index contributed by atoms with van der Waals surface area (Å²) < 4.78 is 1.74. The van der Waals surface area contributed by atoms with E-state index in [2.05, 4.69) is 28.1 Å². The number of nitrogens with zero attached hydrogens (tertiary/aromatic N) is 5. The van der Waals surface area contributed by atoms with Crippen LogP contribution in [0.25, 0.3) is 0 Å². The van der Waals surface area contributed by atoms with Gasteiger partial charge in [0.2, 0.25) is 5.91 Å². The number of aromatic nitrogens is 3. The van der Waals surface area contributed by atoms with Crippen molar-refractivity contribution in [3.8, 4) is 0 Å². The van der Waals surface area contributed by atoms with E-state index in [1.54, 1.807) is 10.9 Å². The van der Waals surface area contributed by atoms with Crippen molar-refractivity contribution in [3.63, 3.8) is 0 Å². The third-order valence-corrected chi connectivity index (χ3v) is 4.92. The number of hydrogen-bond acceptors (Lipinski definition) is 4. The lowest BCUT2D eigenvalue weighted by Crippen LogP contribution is -2.35. The van der Waals surface area contributed by atoms with Crippen LogP contribution in [0.5, 0.6) is 0 Å². The fourth-order valence-electron chi connectivity index (χ4n) is 3.49. The van der Waals surface area contributed by atoms with Crippen LogP contribution in [0.3, 0.4) is 0 Å². The summed E-state index contributed by atoms with van der Waals surface area (Å²) in [4.78, 5) is 21.4. The predicted molar refractivity (Wildman–Crippen MR) is 96.8 cm³/mol. The number of carbonyl (C=O) groups is 1. The second-order valence-electron chi connectivity index (χ2n) is 6.90. The molecule has 0 spiro atoms. The van der Waals surface area contributed by atoms with Gasteiger partial charge in [-0.15, -0.1) is 0 Å². The SMILES string of the molecule is CN(Cc1ccccn1)[C@H]1CCCN(C(=O)Cc2cnn(C)c2)CC1. The Morgan fingerprint density at radius 2 is 2.20 bits per heavy atom. The Balaban J connectivity index is 1.52. The molecule has 1 amide bonds. The van der Waals surface area contributed by atoms with E-state index in [1.807, 2.05) is 36.5 Å². The lowest BCUT2D eigenvalue weighted by atomic mass is 10.1. The second-order valence-corrected chi connectivity index (χ2v) is 6.90. The van der Waals surface area contributed by atoms with Crippen LogP contribution >= 0.6 is 0 Å². The molecule has 0 aliphatic carbocycles. The van der Waals surface area contributed by atoms with Crippen molar-refractivity contribution in [1.29, 1.82) is 0 Å². The van der Waals surface area contributed by atoms with E-state index in [-0.39, 0.29) is 5.91 Å². The Morgan fingerprint density at radius 3 is 2.92 bits per heavy atom. The van der Waals surface area contributed by atoms with E-state index < -0.39 is 0 Å². The van der Waals surface area contributed by atoms with Crippen molar-refractivity contribution in [2.45, 2.75) is 38.3 Å². The van der Waals surface area contributed by atoms with Crippen molar-refractivity contribution < 1.29 is 4.79 Å². The number of hydrogen-bond donors (Lipinski definition) is 0. The standard InChI is InChI=1S/C19H27N5O/c1-22(15-17-6-3-4-9-20-17)18-7-5-10-24(11-8-18)19(25)12-16-13-21-23(2)14-16/h3-4,6,9,13-14,18H,5,7-8,10-12,15H2,1-2H3/t18-/m0/s1. The summed E-state index contributed by atoms with van der Waals surface area (Å²) in [6.45, 7) is 2.54. The molecular formula is C19H27N5O. The molecule has 1 aliphatic heterocycles. The molecule has 3 rings (SSSR count). The van der Waals surface area contributed by atoms with E-state index in [0.29, 0.717) is 12.5 Å². The molecule has 2 aromatic heterocycles. The Morgan fingerprint density at radius 1 is 1.32 bits per heavy atom. The number of amides is 1. The van der Waals surface area contributed by atoms with Crippen LogP contribution in [0.2, 0.25) is 0 Å². The molecule has 0 N–H and O–H groups in total. The molecule has 1 fully saturated rings. The number of carbonyl (C=O) groups excluding carboxylic acids is 1. The summed E-state index contributed by atoms with van der Waals surface area (Å²) >= 11 is 0. The van der Waals surface area contributed by atoms with Crippen LogP contribution in [-0.2, 0) is 24.8 Å². The summed E-state index contributed by atoms with van der Waals surface area (Å²) in [5.41, 5.74) is 2.08. The molecule has 0 unspecified atom stereocenters. The highest BCUT2D eigenvalue weighted by atomic mass is 16.2. The maximum atomic E-state index is 12.6. The summed E-state index contributed by atoms with van der Waals surface area (Å²) in [6, 6.07) is 6.54. The zero-order chi connectivity index (χ0) is 17.6.